The van der Waals surface area contributed by atoms with Gasteiger partial charge in [-0.3, -0.25) is 4.57 Å². The van der Waals surface area contributed by atoms with Crippen LogP contribution in [0.2, 0.25) is 0 Å². The molecule has 0 spiro atoms. The molecule has 0 radical (unpaired) electrons. The van der Waals surface area contributed by atoms with Crippen molar-refractivity contribution in [3.05, 3.63) is 12.2 Å². The van der Waals surface area contributed by atoms with E-state index in [1.165, 1.54) is 64.2 Å². The van der Waals surface area contributed by atoms with Crippen LogP contribution in [0.5, 0.6) is 0 Å². The van der Waals surface area contributed by atoms with E-state index in [1.54, 1.807) is 26.8 Å². The molecular formula is C22H45NO5P-. The lowest BCUT2D eigenvalue weighted by atomic mass is 10.0. The van der Waals surface area contributed by atoms with Gasteiger partial charge in [0, 0.05) is 0 Å². The molecular weight excluding hydrogens is 389 g/mol. The van der Waals surface area contributed by atoms with Gasteiger partial charge in [0.15, 0.2) is 0 Å². The number of aliphatic hydroxyl groups excluding tert-OH is 1. The highest BCUT2D eigenvalue weighted by Crippen LogP contribution is 2.42. The average molecular weight is 435 g/mol. The Morgan fingerprint density at radius 2 is 1.48 bits per heavy atom. The van der Waals surface area contributed by atoms with Crippen LogP contribution in [0.15, 0.2) is 12.2 Å². The van der Waals surface area contributed by atoms with E-state index in [0.29, 0.717) is 0 Å². The number of rotatable bonds is 18. The largest absolute Gasteiger partial charge is 0.756 e. The predicted molar refractivity (Wildman–Crippen MR) is 119 cm³/mol. The normalized spacial score (nSPS) is 16.8. The van der Waals surface area contributed by atoms with Crippen LogP contribution < -0.4 is 10.6 Å². The van der Waals surface area contributed by atoms with Gasteiger partial charge in [-0.15, -0.1) is 0 Å². The number of hydrogen-bond donors (Lipinski definition) is 2. The summed E-state index contributed by atoms with van der Waals surface area (Å²) in [5.41, 5.74) is 4.93. The Bertz CT molecular complexity index is 465. The summed E-state index contributed by atoms with van der Waals surface area (Å²) < 4.78 is 21.3. The molecule has 29 heavy (non-hydrogen) atoms. The third-order valence-electron chi connectivity index (χ3n) is 4.56. The molecule has 3 atom stereocenters. The summed E-state index contributed by atoms with van der Waals surface area (Å²) in [5.74, 6) is 0. The second-order valence-corrected chi connectivity index (χ2v) is 10.2. The standard InChI is InChI=1S/C22H46NO5P/c1-5-6-7-8-9-10-11-12-13-14-15-16-17-18-21(24)20(23)19-27-29(25,26)28-22(2,3)4/h17-18,20-21,24H,5-16,19,23H2,1-4H3,(H,25,26)/p-1/b18-17+/t20-,21+/m1/s1. The van der Waals surface area contributed by atoms with Crippen molar-refractivity contribution in [2.24, 2.45) is 5.73 Å². The number of aliphatic hydroxyl groups is 1. The lowest BCUT2D eigenvalue weighted by Gasteiger charge is -2.31. The van der Waals surface area contributed by atoms with Gasteiger partial charge in [0.2, 0.25) is 0 Å². The first kappa shape index (κ1) is 28.8. The van der Waals surface area contributed by atoms with Gasteiger partial charge in [0.05, 0.1) is 24.4 Å². The van der Waals surface area contributed by atoms with E-state index in [9.17, 15) is 14.6 Å². The average Bonchev–Trinajstić information content (AvgIpc) is 2.61. The van der Waals surface area contributed by atoms with Crippen LogP contribution in [0.4, 0.5) is 0 Å². The van der Waals surface area contributed by atoms with E-state index >= 15 is 0 Å². The van der Waals surface area contributed by atoms with Gasteiger partial charge in [0.25, 0.3) is 7.82 Å². The molecule has 6 nitrogen and oxygen atoms in total. The highest BCUT2D eigenvalue weighted by molar-refractivity contribution is 7.45. The first-order valence-electron chi connectivity index (χ1n) is 11.3. The van der Waals surface area contributed by atoms with Crippen molar-refractivity contribution in [1.82, 2.24) is 0 Å². The van der Waals surface area contributed by atoms with Gasteiger partial charge < -0.3 is 24.8 Å². The Balaban J connectivity index is 3.72. The third-order valence-corrected chi connectivity index (χ3v) is 5.79. The minimum Gasteiger partial charge on any atom is -0.756 e. The number of allylic oxidation sites excluding steroid dienone is 1. The zero-order chi connectivity index (χ0) is 22.2. The Hall–Kier alpha value is -0.230. The second kappa shape index (κ2) is 16.5. The maximum atomic E-state index is 11.7. The van der Waals surface area contributed by atoms with Crippen LogP contribution >= 0.6 is 7.82 Å². The van der Waals surface area contributed by atoms with Crippen molar-refractivity contribution < 1.29 is 23.6 Å². The van der Waals surface area contributed by atoms with Gasteiger partial charge in [-0.1, -0.05) is 83.3 Å². The van der Waals surface area contributed by atoms with E-state index in [4.69, 9.17) is 14.8 Å². The number of nitrogens with two attached hydrogens (primary N) is 1. The minimum atomic E-state index is -4.43. The van der Waals surface area contributed by atoms with E-state index < -0.39 is 25.6 Å². The molecule has 1 unspecified atom stereocenters. The number of phosphoric acid groups is 1. The van der Waals surface area contributed by atoms with Gasteiger partial charge in [-0.2, -0.15) is 0 Å². The SMILES string of the molecule is CCCCCCCCCCCCC/C=C/[C@H](O)[C@H](N)COP(=O)([O-])OC(C)(C)C. The van der Waals surface area contributed by atoms with Crippen LogP contribution in [0.1, 0.15) is 105 Å². The summed E-state index contributed by atoms with van der Waals surface area (Å²) in [6.07, 6.45) is 17.8. The van der Waals surface area contributed by atoms with Crippen LogP contribution in [0.3, 0.4) is 0 Å². The molecule has 174 valence electrons. The number of phosphoric ester groups is 1. The first-order valence-corrected chi connectivity index (χ1v) is 12.8. The molecule has 0 aromatic rings. The number of hydrogen-bond acceptors (Lipinski definition) is 6. The molecule has 7 heteroatoms. The highest BCUT2D eigenvalue weighted by Gasteiger charge is 2.22. The summed E-state index contributed by atoms with van der Waals surface area (Å²) in [4.78, 5) is 11.7. The second-order valence-electron chi connectivity index (χ2n) is 8.85. The fourth-order valence-electron chi connectivity index (χ4n) is 2.94. The van der Waals surface area contributed by atoms with Gasteiger partial charge in [-0.05, 0) is 33.6 Å². The molecule has 0 aliphatic heterocycles. The Labute approximate surface area is 178 Å². The van der Waals surface area contributed by atoms with Crippen molar-refractivity contribution in [3.8, 4) is 0 Å². The summed E-state index contributed by atoms with van der Waals surface area (Å²) in [7, 11) is -4.43. The van der Waals surface area contributed by atoms with Crippen molar-refractivity contribution in [1.29, 1.82) is 0 Å². The monoisotopic (exact) mass is 434 g/mol. The quantitative estimate of drug-likeness (QED) is 0.174. The zero-order valence-corrected chi connectivity index (χ0v) is 20.0. The molecule has 0 heterocycles. The summed E-state index contributed by atoms with van der Waals surface area (Å²) in [6, 6.07) is -0.825. The Morgan fingerprint density at radius 3 is 1.97 bits per heavy atom. The van der Waals surface area contributed by atoms with Crippen LogP contribution in [-0.4, -0.2) is 29.5 Å². The zero-order valence-electron chi connectivity index (χ0n) is 19.1. The Morgan fingerprint density at radius 1 is 1.00 bits per heavy atom. The van der Waals surface area contributed by atoms with Crippen molar-refractivity contribution in [2.75, 3.05) is 6.61 Å². The molecule has 0 rings (SSSR count). The van der Waals surface area contributed by atoms with Crippen LogP contribution in [0.25, 0.3) is 0 Å². The molecule has 0 saturated carbocycles. The van der Waals surface area contributed by atoms with Crippen molar-refractivity contribution >= 4 is 7.82 Å². The molecule has 0 aliphatic carbocycles. The van der Waals surface area contributed by atoms with Crippen LogP contribution in [-0.2, 0) is 13.6 Å². The number of unbranched alkanes of at least 4 members (excludes halogenated alkanes) is 11. The molecule has 0 amide bonds. The molecule has 0 aliphatic rings. The minimum absolute atomic E-state index is 0.319. The molecule has 0 bridgehead atoms. The molecule has 0 aromatic heterocycles. The van der Waals surface area contributed by atoms with E-state index in [1.807, 2.05) is 6.08 Å². The Kier molecular flexibility index (Phi) is 16.3. The topological polar surface area (TPSA) is 105 Å². The maximum absolute atomic E-state index is 11.7. The van der Waals surface area contributed by atoms with E-state index in [-0.39, 0.29) is 6.61 Å². The fraction of sp³-hybridized carbons (Fsp3) is 0.909. The van der Waals surface area contributed by atoms with E-state index in [0.717, 1.165) is 12.8 Å². The van der Waals surface area contributed by atoms with Crippen molar-refractivity contribution in [2.45, 2.75) is 122 Å². The summed E-state index contributed by atoms with van der Waals surface area (Å²) in [6.45, 7) is 6.78. The molecule has 3 N–H and O–H groups in total. The third kappa shape index (κ3) is 19.5. The molecule has 0 saturated heterocycles. The van der Waals surface area contributed by atoms with E-state index in [2.05, 4.69) is 6.92 Å². The molecule has 0 aromatic carbocycles. The lowest BCUT2D eigenvalue weighted by molar-refractivity contribution is -0.234. The van der Waals surface area contributed by atoms with Crippen LogP contribution in [0, 0.1) is 0 Å². The smallest absolute Gasteiger partial charge is 0.268 e. The van der Waals surface area contributed by atoms with Gasteiger partial charge in [0.1, 0.15) is 0 Å². The first-order chi connectivity index (χ1) is 13.6. The summed E-state index contributed by atoms with van der Waals surface area (Å²) in [5, 5.41) is 10.00. The fourth-order valence-corrected chi connectivity index (χ4v) is 4.02. The predicted octanol–water partition coefficient (Wildman–Crippen LogP) is 5.23. The summed E-state index contributed by atoms with van der Waals surface area (Å²) >= 11 is 0. The van der Waals surface area contributed by atoms with Crippen molar-refractivity contribution in [3.63, 3.8) is 0 Å². The maximum Gasteiger partial charge on any atom is 0.268 e. The lowest BCUT2D eigenvalue weighted by Crippen LogP contribution is -2.38. The van der Waals surface area contributed by atoms with Gasteiger partial charge >= 0.3 is 0 Å². The molecule has 0 fully saturated rings. The van der Waals surface area contributed by atoms with Gasteiger partial charge in [-0.25, -0.2) is 0 Å². The highest BCUT2D eigenvalue weighted by atomic mass is 31.2.